The standard InChI is InChI=1S/C9H9IO3/c1-2-13-8-4-6(5-11)3-7(12)9(8)10/h3-5,12H,2H2,1H3. The number of halogens is 1. The molecule has 0 aliphatic carbocycles. The number of rotatable bonds is 3. The number of phenolic OH excluding ortho intramolecular Hbond substituents is 1. The molecule has 0 fully saturated rings. The van der Waals surface area contributed by atoms with E-state index in [1.54, 1.807) is 6.07 Å². The molecule has 3 nitrogen and oxygen atoms in total. The van der Waals surface area contributed by atoms with E-state index >= 15 is 0 Å². The van der Waals surface area contributed by atoms with Gasteiger partial charge in [-0.3, -0.25) is 4.79 Å². The summed E-state index contributed by atoms with van der Waals surface area (Å²) in [5.41, 5.74) is 0.418. The lowest BCUT2D eigenvalue weighted by Gasteiger charge is -2.07. The molecular weight excluding hydrogens is 283 g/mol. The van der Waals surface area contributed by atoms with Crippen LogP contribution in [0.4, 0.5) is 0 Å². The van der Waals surface area contributed by atoms with Crippen LogP contribution in [0, 0.1) is 3.57 Å². The van der Waals surface area contributed by atoms with Crippen molar-refractivity contribution >= 4 is 28.9 Å². The lowest BCUT2D eigenvalue weighted by molar-refractivity contribution is 0.112. The van der Waals surface area contributed by atoms with Gasteiger partial charge in [0.05, 0.1) is 10.2 Å². The van der Waals surface area contributed by atoms with E-state index in [0.717, 1.165) is 0 Å². The Morgan fingerprint density at radius 2 is 2.31 bits per heavy atom. The number of phenols is 1. The van der Waals surface area contributed by atoms with Crippen molar-refractivity contribution in [1.29, 1.82) is 0 Å². The topological polar surface area (TPSA) is 46.5 Å². The highest BCUT2D eigenvalue weighted by Gasteiger charge is 2.07. The predicted molar refractivity (Wildman–Crippen MR) is 57.4 cm³/mol. The third-order valence-corrected chi connectivity index (χ3v) is 2.56. The second-order valence-corrected chi connectivity index (χ2v) is 3.48. The van der Waals surface area contributed by atoms with Gasteiger partial charge in [-0.05, 0) is 41.6 Å². The van der Waals surface area contributed by atoms with Gasteiger partial charge in [0.25, 0.3) is 0 Å². The Morgan fingerprint density at radius 3 is 2.85 bits per heavy atom. The quantitative estimate of drug-likeness (QED) is 0.686. The van der Waals surface area contributed by atoms with Gasteiger partial charge in [-0.2, -0.15) is 0 Å². The number of carbonyl (C=O) groups is 1. The summed E-state index contributed by atoms with van der Waals surface area (Å²) in [7, 11) is 0. The summed E-state index contributed by atoms with van der Waals surface area (Å²) in [6, 6.07) is 3.02. The van der Waals surface area contributed by atoms with Gasteiger partial charge < -0.3 is 9.84 Å². The molecule has 70 valence electrons. The molecule has 0 spiro atoms. The van der Waals surface area contributed by atoms with E-state index < -0.39 is 0 Å². The van der Waals surface area contributed by atoms with Crippen LogP contribution in [0.1, 0.15) is 17.3 Å². The summed E-state index contributed by atoms with van der Waals surface area (Å²) in [5, 5.41) is 9.39. The summed E-state index contributed by atoms with van der Waals surface area (Å²) >= 11 is 1.97. The third kappa shape index (κ3) is 2.33. The normalized spacial score (nSPS) is 9.69. The zero-order chi connectivity index (χ0) is 9.84. The molecule has 1 rings (SSSR count). The molecule has 1 aromatic rings. The van der Waals surface area contributed by atoms with E-state index in [9.17, 15) is 9.90 Å². The fraction of sp³-hybridized carbons (Fsp3) is 0.222. The number of carbonyl (C=O) groups excluding carboxylic acids is 1. The van der Waals surface area contributed by atoms with E-state index in [4.69, 9.17) is 4.74 Å². The van der Waals surface area contributed by atoms with Crippen molar-refractivity contribution in [2.45, 2.75) is 6.92 Å². The fourth-order valence-electron chi connectivity index (χ4n) is 0.932. The Labute approximate surface area is 89.9 Å². The smallest absolute Gasteiger partial charge is 0.150 e. The summed E-state index contributed by atoms with van der Waals surface area (Å²) < 4.78 is 5.86. The van der Waals surface area contributed by atoms with E-state index in [1.165, 1.54) is 6.07 Å². The average molecular weight is 292 g/mol. The SMILES string of the molecule is CCOc1cc(C=O)cc(O)c1I. The lowest BCUT2D eigenvalue weighted by atomic mass is 10.2. The summed E-state index contributed by atoms with van der Waals surface area (Å²) in [5.74, 6) is 0.624. The molecule has 0 bridgehead atoms. The van der Waals surface area contributed by atoms with Crippen LogP contribution in [-0.4, -0.2) is 18.0 Å². The van der Waals surface area contributed by atoms with E-state index in [0.29, 0.717) is 27.8 Å². The molecule has 0 heterocycles. The molecule has 0 radical (unpaired) electrons. The van der Waals surface area contributed by atoms with E-state index in [2.05, 4.69) is 0 Å². The number of benzene rings is 1. The van der Waals surface area contributed by atoms with E-state index in [1.807, 2.05) is 29.5 Å². The highest BCUT2D eigenvalue weighted by atomic mass is 127. The van der Waals surface area contributed by atoms with Gasteiger partial charge in [0.2, 0.25) is 0 Å². The number of aldehydes is 1. The van der Waals surface area contributed by atoms with Gasteiger partial charge in [0, 0.05) is 5.56 Å². The number of ether oxygens (including phenoxy) is 1. The van der Waals surface area contributed by atoms with Crippen molar-refractivity contribution in [3.05, 3.63) is 21.3 Å². The minimum Gasteiger partial charge on any atom is -0.507 e. The monoisotopic (exact) mass is 292 g/mol. The zero-order valence-electron chi connectivity index (χ0n) is 7.08. The third-order valence-electron chi connectivity index (χ3n) is 1.48. The number of aromatic hydroxyl groups is 1. The van der Waals surface area contributed by atoms with Crippen LogP contribution in [0.3, 0.4) is 0 Å². The molecule has 0 aliphatic heterocycles. The van der Waals surface area contributed by atoms with Crippen LogP contribution < -0.4 is 4.74 Å². The van der Waals surface area contributed by atoms with Gasteiger partial charge in [-0.15, -0.1) is 0 Å². The molecule has 4 heteroatoms. The molecule has 0 atom stereocenters. The molecular formula is C9H9IO3. The highest BCUT2D eigenvalue weighted by molar-refractivity contribution is 14.1. The maximum atomic E-state index is 10.5. The maximum absolute atomic E-state index is 10.5. The van der Waals surface area contributed by atoms with Crippen molar-refractivity contribution in [1.82, 2.24) is 0 Å². The highest BCUT2D eigenvalue weighted by Crippen LogP contribution is 2.30. The Balaban J connectivity index is 3.16. The Hall–Kier alpha value is -0.780. The fourth-order valence-corrected chi connectivity index (χ4v) is 1.40. The van der Waals surface area contributed by atoms with Gasteiger partial charge >= 0.3 is 0 Å². The Bertz CT molecular complexity index is 323. The van der Waals surface area contributed by atoms with Crippen molar-refractivity contribution < 1.29 is 14.6 Å². The lowest BCUT2D eigenvalue weighted by Crippen LogP contribution is -1.95. The van der Waals surface area contributed by atoms with Crippen molar-refractivity contribution in [2.75, 3.05) is 6.61 Å². The first-order chi connectivity index (χ1) is 6.19. The Kier molecular flexibility index (Phi) is 3.53. The first kappa shape index (κ1) is 10.3. The molecule has 0 saturated carbocycles. The Morgan fingerprint density at radius 1 is 1.62 bits per heavy atom. The summed E-state index contributed by atoms with van der Waals surface area (Å²) in [6.45, 7) is 2.36. The average Bonchev–Trinajstić information content (AvgIpc) is 2.13. The van der Waals surface area contributed by atoms with Gasteiger partial charge in [-0.1, -0.05) is 0 Å². The molecule has 1 N–H and O–H groups in total. The van der Waals surface area contributed by atoms with Crippen LogP contribution in [0.2, 0.25) is 0 Å². The molecule has 13 heavy (non-hydrogen) atoms. The van der Waals surface area contributed by atoms with Crippen molar-refractivity contribution in [3.8, 4) is 11.5 Å². The minimum absolute atomic E-state index is 0.0775. The molecule has 0 unspecified atom stereocenters. The number of hydrogen-bond donors (Lipinski definition) is 1. The van der Waals surface area contributed by atoms with Crippen molar-refractivity contribution in [2.24, 2.45) is 0 Å². The van der Waals surface area contributed by atoms with Crippen LogP contribution >= 0.6 is 22.6 Å². The first-order valence-corrected chi connectivity index (χ1v) is 4.87. The molecule has 0 aromatic heterocycles. The second-order valence-electron chi connectivity index (χ2n) is 2.40. The van der Waals surface area contributed by atoms with Gasteiger partial charge in [-0.25, -0.2) is 0 Å². The zero-order valence-corrected chi connectivity index (χ0v) is 9.24. The molecule has 0 saturated heterocycles. The predicted octanol–water partition coefficient (Wildman–Crippen LogP) is 2.21. The van der Waals surface area contributed by atoms with Crippen LogP contribution in [0.15, 0.2) is 12.1 Å². The van der Waals surface area contributed by atoms with Crippen LogP contribution in [0.25, 0.3) is 0 Å². The second kappa shape index (κ2) is 4.45. The van der Waals surface area contributed by atoms with Gasteiger partial charge in [0.1, 0.15) is 17.8 Å². The summed E-state index contributed by atoms with van der Waals surface area (Å²) in [4.78, 5) is 10.5. The molecule has 0 aliphatic rings. The van der Waals surface area contributed by atoms with Gasteiger partial charge in [0.15, 0.2) is 0 Å². The summed E-state index contributed by atoms with van der Waals surface area (Å²) in [6.07, 6.45) is 0.679. The minimum atomic E-state index is 0.0775. The van der Waals surface area contributed by atoms with Crippen LogP contribution in [-0.2, 0) is 0 Å². The maximum Gasteiger partial charge on any atom is 0.150 e. The molecule has 1 aromatic carbocycles. The number of hydrogen-bond acceptors (Lipinski definition) is 3. The van der Waals surface area contributed by atoms with E-state index in [-0.39, 0.29) is 5.75 Å². The van der Waals surface area contributed by atoms with Crippen LogP contribution in [0.5, 0.6) is 11.5 Å². The first-order valence-electron chi connectivity index (χ1n) is 3.79. The largest absolute Gasteiger partial charge is 0.507 e. The molecule has 0 amide bonds. The van der Waals surface area contributed by atoms with Crippen molar-refractivity contribution in [3.63, 3.8) is 0 Å².